The molecule has 0 atom stereocenters. The first-order valence-electron chi connectivity index (χ1n) is 8.91. The van der Waals surface area contributed by atoms with Crippen LogP contribution in [0.1, 0.15) is 84.2 Å². The zero-order chi connectivity index (χ0) is 19.4. The van der Waals surface area contributed by atoms with Gasteiger partial charge in [-0.25, -0.2) is 9.59 Å². The average molecular weight is 356 g/mol. The van der Waals surface area contributed by atoms with Crippen molar-refractivity contribution in [2.24, 2.45) is 0 Å². The lowest BCUT2D eigenvalue weighted by atomic mass is 9.99. The van der Waals surface area contributed by atoms with Crippen LogP contribution in [-0.4, -0.2) is 25.2 Å². The molecule has 0 amide bonds. The molecule has 0 unspecified atom stereocenters. The number of esters is 2. The van der Waals surface area contributed by atoms with E-state index in [9.17, 15) is 9.59 Å². The number of carbonyl (C=O) groups is 2. The summed E-state index contributed by atoms with van der Waals surface area (Å²) in [6, 6.07) is 6.17. The van der Waals surface area contributed by atoms with Gasteiger partial charge in [0, 0.05) is 0 Å². The summed E-state index contributed by atoms with van der Waals surface area (Å²) in [7, 11) is 0. The van der Waals surface area contributed by atoms with Gasteiger partial charge in [-0.15, -0.1) is 0 Å². The Kier molecular flexibility index (Phi) is 9.49. The summed E-state index contributed by atoms with van der Waals surface area (Å²) in [4.78, 5) is 24.7. The Hall–Kier alpha value is -2.86. The van der Waals surface area contributed by atoms with Gasteiger partial charge in [-0.3, -0.25) is 0 Å². The van der Waals surface area contributed by atoms with Crippen LogP contribution in [0.15, 0.2) is 12.1 Å². The maximum atomic E-state index is 12.4. The Morgan fingerprint density at radius 3 is 1.50 bits per heavy atom. The molecule has 0 aliphatic carbocycles. The van der Waals surface area contributed by atoms with E-state index in [2.05, 4.69) is 0 Å². The van der Waals surface area contributed by atoms with Crippen LogP contribution in [-0.2, 0) is 9.47 Å². The highest BCUT2D eigenvalue weighted by atomic mass is 16.5. The van der Waals surface area contributed by atoms with Gasteiger partial charge in [0.05, 0.1) is 35.5 Å². The second-order valence-corrected chi connectivity index (χ2v) is 5.85. The minimum atomic E-state index is -0.692. The van der Waals surface area contributed by atoms with Crippen LogP contribution in [0.25, 0.3) is 0 Å². The molecule has 0 saturated heterocycles. The van der Waals surface area contributed by atoms with Gasteiger partial charge >= 0.3 is 11.9 Å². The lowest BCUT2D eigenvalue weighted by Gasteiger charge is -2.11. The van der Waals surface area contributed by atoms with E-state index in [0.29, 0.717) is 0 Å². The van der Waals surface area contributed by atoms with E-state index >= 15 is 0 Å². The summed E-state index contributed by atoms with van der Waals surface area (Å²) >= 11 is 0. The summed E-state index contributed by atoms with van der Waals surface area (Å²) < 4.78 is 10.4. The number of nitrogens with zero attached hydrogens (tertiary/aromatic N) is 2. The molecule has 0 saturated carbocycles. The lowest BCUT2D eigenvalue weighted by Crippen LogP contribution is -2.16. The number of hydrogen-bond donors (Lipinski definition) is 0. The van der Waals surface area contributed by atoms with Gasteiger partial charge in [-0.1, -0.05) is 39.5 Å². The number of rotatable bonds is 10. The molecule has 0 aliphatic rings. The Labute approximate surface area is 154 Å². The van der Waals surface area contributed by atoms with Gasteiger partial charge in [-0.2, -0.15) is 10.5 Å². The van der Waals surface area contributed by atoms with Crippen molar-refractivity contribution in [3.63, 3.8) is 0 Å². The molecule has 0 aromatic heterocycles. The fourth-order valence-electron chi connectivity index (χ4n) is 2.31. The predicted octanol–water partition coefficient (Wildman–Crippen LogP) is 4.12. The summed E-state index contributed by atoms with van der Waals surface area (Å²) in [5, 5.41) is 18.3. The molecular weight excluding hydrogens is 332 g/mol. The molecule has 26 heavy (non-hydrogen) atoms. The van der Waals surface area contributed by atoms with Crippen molar-refractivity contribution in [3.05, 3.63) is 34.4 Å². The third-order valence-electron chi connectivity index (χ3n) is 3.80. The molecule has 0 spiro atoms. The lowest BCUT2D eigenvalue weighted by molar-refractivity contribution is 0.0451. The normalized spacial score (nSPS) is 9.85. The molecule has 1 aromatic rings. The standard InChI is InChI=1S/C20H24N2O4/c1-3-5-7-9-25-19(23)17-11-15(13-21)16(14-22)12-18(17)20(24)26-10-8-6-4-2/h11-12H,3-10H2,1-2H3. The summed E-state index contributed by atoms with van der Waals surface area (Å²) in [6.07, 6.45) is 5.28. The number of hydrogen-bond acceptors (Lipinski definition) is 6. The predicted molar refractivity (Wildman–Crippen MR) is 95.5 cm³/mol. The van der Waals surface area contributed by atoms with Crippen LogP contribution in [0.2, 0.25) is 0 Å². The van der Waals surface area contributed by atoms with Crippen molar-refractivity contribution in [1.82, 2.24) is 0 Å². The smallest absolute Gasteiger partial charge is 0.339 e. The molecule has 0 N–H and O–H groups in total. The zero-order valence-electron chi connectivity index (χ0n) is 15.3. The van der Waals surface area contributed by atoms with Gasteiger partial charge in [0.25, 0.3) is 0 Å². The molecular formula is C20H24N2O4. The van der Waals surface area contributed by atoms with Crippen molar-refractivity contribution >= 4 is 11.9 Å². The quantitative estimate of drug-likeness (QED) is 0.462. The van der Waals surface area contributed by atoms with Gasteiger partial charge in [-0.05, 0) is 25.0 Å². The van der Waals surface area contributed by atoms with Crippen molar-refractivity contribution in [3.8, 4) is 12.1 Å². The average Bonchev–Trinajstić information content (AvgIpc) is 2.67. The van der Waals surface area contributed by atoms with E-state index in [1.54, 1.807) is 0 Å². The first-order chi connectivity index (χ1) is 12.6. The highest BCUT2D eigenvalue weighted by Gasteiger charge is 2.22. The van der Waals surface area contributed by atoms with Gasteiger partial charge in [0.1, 0.15) is 12.1 Å². The topological polar surface area (TPSA) is 100 Å². The van der Waals surface area contributed by atoms with Crippen LogP contribution >= 0.6 is 0 Å². The van der Waals surface area contributed by atoms with E-state index in [1.165, 1.54) is 12.1 Å². The number of nitriles is 2. The van der Waals surface area contributed by atoms with E-state index < -0.39 is 11.9 Å². The second-order valence-electron chi connectivity index (χ2n) is 5.85. The van der Waals surface area contributed by atoms with E-state index in [-0.39, 0.29) is 35.5 Å². The Morgan fingerprint density at radius 2 is 1.19 bits per heavy atom. The highest BCUT2D eigenvalue weighted by molar-refractivity contribution is 6.04. The second kappa shape index (κ2) is 11.7. The maximum absolute atomic E-state index is 12.4. The minimum absolute atomic E-state index is 0.0236. The fourth-order valence-corrected chi connectivity index (χ4v) is 2.31. The molecule has 0 radical (unpaired) electrons. The number of carbonyl (C=O) groups excluding carboxylic acids is 2. The minimum Gasteiger partial charge on any atom is -0.462 e. The number of benzene rings is 1. The van der Waals surface area contributed by atoms with Gasteiger partial charge in [0.2, 0.25) is 0 Å². The summed E-state index contributed by atoms with van der Waals surface area (Å²) in [5.41, 5.74) is -0.0406. The van der Waals surface area contributed by atoms with Crippen molar-refractivity contribution in [2.45, 2.75) is 52.4 Å². The van der Waals surface area contributed by atoms with Gasteiger partial charge < -0.3 is 9.47 Å². The molecule has 0 heterocycles. The third-order valence-corrected chi connectivity index (χ3v) is 3.80. The van der Waals surface area contributed by atoms with Crippen LogP contribution in [0.4, 0.5) is 0 Å². The van der Waals surface area contributed by atoms with Crippen LogP contribution in [0, 0.1) is 22.7 Å². The first-order valence-corrected chi connectivity index (χ1v) is 8.91. The van der Waals surface area contributed by atoms with Crippen molar-refractivity contribution in [2.75, 3.05) is 13.2 Å². The molecule has 1 aromatic carbocycles. The van der Waals surface area contributed by atoms with Crippen LogP contribution < -0.4 is 0 Å². The molecule has 138 valence electrons. The van der Waals surface area contributed by atoms with Crippen LogP contribution in [0.3, 0.4) is 0 Å². The number of unbranched alkanes of at least 4 members (excludes halogenated alkanes) is 4. The van der Waals surface area contributed by atoms with Crippen molar-refractivity contribution in [1.29, 1.82) is 10.5 Å². The Morgan fingerprint density at radius 1 is 0.808 bits per heavy atom. The van der Waals surface area contributed by atoms with Crippen molar-refractivity contribution < 1.29 is 19.1 Å². The Balaban J connectivity index is 3.05. The Bertz CT molecular complexity index is 653. The third kappa shape index (κ3) is 6.22. The zero-order valence-corrected chi connectivity index (χ0v) is 15.3. The molecule has 0 fully saturated rings. The largest absolute Gasteiger partial charge is 0.462 e. The highest BCUT2D eigenvalue weighted by Crippen LogP contribution is 2.19. The maximum Gasteiger partial charge on any atom is 0.339 e. The van der Waals surface area contributed by atoms with E-state index in [1.807, 2.05) is 26.0 Å². The number of ether oxygens (including phenoxy) is 2. The van der Waals surface area contributed by atoms with Crippen LogP contribution in [0.5, 0.6) is 0 Å². The molecule has 1 rings (SSSR count). The molecule has 0 bridgehead atoms. The molecule has 6 nitrogen and oxygen atoms in total. The van der Waals surface area contributed by atoms with E-state index in [0.717, 1.165) is 38.5 Å². The van der Waals surface area contributed by atoms with E-state index in [4.69, 9.17) is 20.0 Å². The molecule has 6 heteroatoms. The van der Waals surface area contributed by atoms with Gasteiger partial charge in [0.15, 0.2) is 0 Å². The first kappa shape index (κ1) is 21.2. The summed E-state index contributed by atoms with van der Waals surface area (Å²) in [6.45, 7) is 4.54. The molecule has 0 aliphatic heterocycles. The summed E-state index contributed by atoms with van der Waals surface area (Å²) in [5.74, 6) is -1.38. The SMILES string of the molecule is CCCCCOC(=O)c1cc(C#N)c(C#N)cc1C(=O)OCCCCC. The monoisotopic (exact) mass is 356 g/mol. The fraction of sp³-hybridized carbons (Fsp3) is 0.500.